The maximum atomic E-state index is 12.1. The van der Waals surface area contributed by atoms with Gasteiger partial charge in [-0.15, -0.1) is 0 Å². The van der Waals surface area contributed by atoms with E-state index in [1.54, 1.807) is 0 Å². The first-order chi connectivity index (χ1) is 15.8. The Morgan fingerprint density at radius 3 is 2.79 bits per heavy atom. The second kappa shape index (κ2) is 8.99. The van der Waals surface area contributed by atoms with Crippen molar-refractivity contribution in [1.29, 1.82) is 0 Å². The van der Waals surface area contributed by atoms with Gasteiger partial charge in [-0.3, -0.25) is 4.84 Å². The van der Waals surface area contributed by atoms with Gasteiger partial charge in [-0.2, -0.15) is 0 Å². The molecule has 6 nitrogen and oxygen atoms in total. The maximum absolute atomic E-state index is 12.1. The molecule has 0 spiro atoms. The Morgan fingerprint density at radius 2 is 2.00 bits per heavy atom. The molecule has 3 saturated carbocycles. The Bertz CT molecular complexity index is 819. The molecule has 0 aromatic carbocycles. The third kappa shape index (κ3) is 4.16. The van der Waals surface area contributed by atoms with Crippen LogP contribution in [0.5, 0.6) is 0 Å². The number of allylic oxidation sites excluding steroid dienone is 1. The van der Waals surface area contributed by atoms with Crippen molar-refractivity contribution in [2.75, 3.05) is 13.2 Å². The number of hydrogen-bond donors (Lipinski definition) is 2. The highest BCUT2D eigenvalue weighted by Crippen LogP contribution is 2.66. The fraction of sp³-hybridized carbons (Fsp3) is 0.852. The molecule has 6 heteroatoms. The summed E-state index contributed by atoms with van der Waals surface area (Å²) in [4.78, 5) is 17.2. The van der Waals surface area contributed by atoms with Crippen LogP contribution < -0.4 is 5.32 Å². The van der Waals surface area contributed by atoms with E-state index >= 15 is 0 Å². The molecular formula is C27H42N2O4. The smallest absolute Gasteiger partial charge is 0.431 e. The van der Waals surface area contributed by atoms with Crippen LogP contribution in [0.15, 0.2) is 16.8 Å². The van der Waals surface area contributed by atoms with Gasteiger partial charge in [0, 0.05) is 12.0 Å². The number of rotatable bonds is 4. The van der Waals surface area contributed by atoms with Crippen molar-refractivity contribution in [1.82, 2.24) is 5.32 Å². The van der Waals surface area contributed by atoms with E-state index in [1.165, 1.54) is 31.3 Å². The van der Waals surface area contributed by atoms with Crippen LogP contribution in [0.3, 0.4) is 0 Å². The molecule has 5 rings (SSSR count). The lowest BCUT2D eigenvalue weighted by molar-refractivity contribution is -0.0480. The molecule has 5 aliphatic rings. The second-order valence-corrected chi connectivity index (χ2v) is 12.0. The van der Waals surface area contributed by atoms with Crippen molar-refractivity contribution >= 4 is 11.9 Å². The van der Waals surface area contributed by atoms with Crippen LogP contribution in [-0.4, -0.2) is 42.3 Å². The monoisotopic (exact) mass is 458 g/mol. The fourth-order valence-electron chi connectivity index (χ4n) is 8.66. The molecule has 4 fully saturated rings. The van der Waals surface area contributed by atoms with Crippen LogP contribution in [0.25, 0.3) is 0 Å². The standard InChI is InChI=1S/C27H42N2O4/c1-17(29-33-25(31)32-16-19-5-4-14-28-19)22-8-9-23-21-7-6-18-15-20(30)10-12-26(18,2)24(21)11-13-27(22,23)3/h15,19-24,28,30H,4-14,16H2,1-3H3/b29-17+/t19?,20-,21+,22-,23+,24+,26+,27-/m1/s1. The fourth-order valence-corrected chi connectivity index (χ4v) is 8.66. The minimum atomic E-state index is -0.689. The minimum Gasteiger partial charge on any atom is -0.431 e. The highest BCUT2D eigenvalue weighted by molar-refractivity contribution is 5.85. The van der Waals surface area contributed by atoms with E-state index in [4.69, 9.17) is 9.57 Å². The number of carbonyl (C=O) groups excluding carboxylic acids is 1. The quantitative estimate of drug-likeness (QED) is 0.199. The molecule has 8 atom stereocenters. The topological polar surface area (TPSA) is 80.2 Å². The van der Waals surface area contributed by atoms with Crippen molar-refractivity contribution in [3.63, 3.8) is 0 Å². The van der Waals surface area contributed by atoms with Crippen molar-refractivity contribution in [2.45, 2.75) is 97.1 Å². The van der Waals surface area contributed by atoms with Crippen LogP contribution in [0, 0.1) is 34.5 Å². The van der Waals surface area contributed by atoms with E-state index in [0.29, 0.717) is 18.4 Å². The van der Waals surface area contributed by atoms with Gasteiger partial charge in [-0.1, -0.05) is 30.7 Å². The summed E-state index contributed by atoms with van der Waals surface area (Å²) in [5, 5.41) is 17.8. The van der Waals surface area contributed by atoms with Gasteiger partial charge in [0.05, 0.1) is 11.8 Å². The zero-order valence-corrected chi connectivity index (χ0v) is 20.6. The second-order valence-electron chi connectivity index (χ2n) is 12.0. The molecule has 184 valence electrons. The third-order valence-electron chi connectivity index (χ3n) is 10.4. The zero-order valence-electron chi connectivity index (χ0n) is 20.6. The summed E-state index contributed by atoms with van der Waals surface area (Å²) in [7, 11) is 0. The molecule has 1 aliphatic heterocycles. The Balaban J connectivity index is 1.23. The summed E-state index contributed by atoms with van der Waals surface area (Å²) in [6, 6.07) is 0.243. The largest absolute Gasteiger partial charge is 0.535 e. The van der Waals surface area contributed by atoms with E-state index in [-0.39, 0.29) is 23.0 Å². The number of nitrogens with one attached hydrogen (secondary N) is 1. The Morgan fingerprint density at radius 1 is 1.15 bits per heavy atom. The van der Waals surface area contributed by atoms with Gasteiger partial charge in [0.2, 0.25) is 0 Å². The third-order valence-corrected chi connectivity index (χ3v) is 10.4. The number of ether oxygens (including phenoxy) is 1. The highest BCUT2D eigenvalue weighted by atomic mass is 16.8. The number of fused-ring (bicyclic) bond motifs is 5. The molecule has 0 bridgehead atoms. The normalized spacial score (nSPS) is 45.0. The molecular weight excluding hydrogens is 416 g/mol. The van der Waals surface area contributed by atoms with Gasteiger partial charge in [0.1, 0.15) is 6.61 Å². The van der Waals surface area contributed by atoms with Gasteiger partial charge in [-0.25, -0.2) is 4.79 Å². The predicted octanol–water partition coefficient (Wildman–Crippen LogP) is 5.21. The number of nitrogens with zero attached hydrogens (tertiary/aromatic N) is 1. The lowest BCUT2D eigenvalue weighted by Gasteiger charge is -2.58. The molecule has 33 heavy (non-hydrogen) atoms. The SMILES string of the molecule is C/C(=N\OC(=O)OCC1CCCN1)[C@H]1CC[C@H]2[C@@H]3CCC4=C[C@H](O)CC[C@]4(C)[C@H]3CC[C@]12C. The van der Waals surface area contributed by atoms with Crippen LogP contribution in [-0.2, 0) is 9.57 Å². The maximum Gasteiger partial charge on any atom is 0.535 e. The van der Waals surface area contributed by atoms with E-state index < -0.39 is 6.16 Å². The zero-order chi connectivity index (χ0) is 23.2. The molecule has 1 heterocycles. The van der Waals surface area contributed by atoms with Crippen molar-refractivity contribution in [3.8, 4) is 0 Å². The Hall–Kier alpha value is -1.40. The van der Waals surface area contributed by atoms with Gasteiger partial charge >= 0.3 is 6.16 Å². The van der Waals surface area contributed by atoms with Crippen molar-refractivity contribution in [2.24, 2.45) is 39.7 Å². The number of aliphatic hydroxyl groups excluding tert-OH is 1. The first-order valence-electron chi connectivity index (χ1n) is 13.3. The molecule has 2 N–H and O–H groups in total. The number of carbonyl (C=O) groups is 1. The lowest BCUT2D eigenvalue weighted by atomic mass is 9.46. The van der Waals surface area contributed by atoms with Gasteiger partial charge in [0.15, 0.2) is 0 Å². The van der Waals surface area contributed by atoms with Gasteiger partial charge in [-0.05, 0) is 106 Å². The van der Waals surface area contributed by atoms with Gasteiger partial charge < -0.3 is 15.2 Å². The minimum absolute atomic E-state index is 0.224. The first kappa shape index (κ1) is 23.3. The molecule has 4 aliphatic carbocycles. The van der Waals surface area contributed by atoms with Gasteiger partial charge in [0.25, 0.3) is 0 Å². The Kier molecular flexibility index (Phi) is 6.36. The van der Waals surface area contributed by atoms with E-state index in [2.05, 4.69) is 30.4 Å². The summed E-state index contributed by atoms with van der Waals surface area (Å²) in [6.07, 6.45) is 12.7. The summed E-state index contributed by atoms with van der Waals surface area (Å²) in [5.74, 6) is 2.56. The number of hydrogen-bond acceptors (Lipinski definition) is 6. The summed E-state index contributed by atoms with van der Waals surface area (Å²) in [6.45, 7) is 8.31. The van der Waals surface area contributed by atoms with Crippen LogP contribution >= 0.6 is 0 Å². The summed E-state index contributed by atoms with van der Waals surface area (Å²) in [5.41, 5.74) is 2.96. The molecule has 0 radical (unpaired) electrons. The molecule has 0 amide bonds. The summed E-state index contributed by atoms with van der Waals surface area (Å²) < 4.78 is 5.26. The first-order valence-corrected chi connectivity index (χ1v) is 13.3. The molecule has 0 aromatic rings. The van der Waals surface area contributed by atoms with Crippen LogP contribution in [0.2, 0.25) is 0 Å². The number of aliphatic hydroxyl groups is 1. The van der Waals surface area contributed by atoms with Crippen molar-refractivity contribution in [3.05, 3.63) is 11.6 Å². The van der Waals surface area contributed by atoms with E-state index in [1.807, 2.05) is 6.92 Å². The predicted molar refractivity (Wildman–Crippen MR) is 128 cm³/mol. The number of oxime groups is 1. The van der Waals surface area contributed by atoms with E-state index in [0.717, 1.165) is 62.6 Å². The van der Waals surface area contributed by atoms with Crippen LogP contribution in [0.4, 0.5) is 4.79 Å². The Labute approximate surface area is 198 Å². The molecule has 1 saturated heterocycles. The van der Waals surface area contributed by atoms with Crippen LogP contribution in [0.1, 0.15) is 85.0 Å². The molecule has 0 aromatic heterocycles. The van der Waals surface area contributed by atoms with Crippen molar-refractivity contribution < 1.29 is 19.5 Å². The van der Waals surface area contributed by atoms with E-state index in [9.17, 15) is 9.90 Å². The molecule has 1 unspecified atom stereocenters. The average Bonchev–Trinajstić information content (AvgIpc) is 3.44. The highest BCUT2D eigenvalue weighted by Gasteiger charge is 2.59. The average molecular weight is 459 g/mol. The lowest BCUT2D eigenvalue weighted by Crippen LogP contribution is -2.51. The summed E-state index contributed by atoms with van der Waals surface area (Å²) >= 11 is 0.